The highest BCUT2D eigenvalue weighted by Gasteiger charge is 2.66. The Morgan fingerprint density at radius 1 is 0.769 bits per heavy atom. The van der Waals surface area contributed by atoms with Gasteiger partial charge in [0.25, 0.3) is 0 Å². The summed E-state index contributed by atoms with van der Waals surface area (Å²) in [5.74, 6) is -1.83. The van der Waals surface area contributed by atoms with Crippen LogP contribution in [0.4, 0.5) is 0 Å². The summed E-state index contributed by atoms with van der Waals surface area (Å²) in [5.41, 5.74) is 1.81. The highest BCUT2D eigenvalue weighted by atomic mass is 16.8. The first-order valence-electron chi connectivity index (χ1n) is 8.77. The normalized spacial score (nSPS) is 41.2. The van der Waals surface area contributed by atoms with E-state index in [9.17, 15) is 10.2 Å². The SMILES string of the molecule is OC[C@@]1(O)O[C@@H]2[C@H](O[C@H]2c2ccccc2)[C@@H]2O[C@H](c3ccccc3)O[C@@H]21. The number of ether oxygens (including phenoxy) is 4. The second-order valence-electron chi connectivity index (χ2n) is 6.92. The number of hydrogen-bond donors (Lipinski definition) is 2. The monoisotopic (exact) mass is 356 g/mol. The van der Waals surface area contributed by atoms with E-state index < -0.39 is 37.0 Å². The Labute approximate surface area is 150 Å². The van der Waals surface area contributed by atoms with Gasteiger partial charge in [-0.3, -0.25) is 0 Å². The lowest BCUT2D eigenvalue weighted by Gasteiger charge is -2.55. The van der Waals surface area contributed by atoms with Gasteiger partial charge in [-0.1, -0.05) is 60.7 Å². The second-order valence-corrected chi connectivity index (χ2v) is 6.92. The zero-order chi connectivity index (χ0) is 17.7. The second kappa shape index (κ2) is 6.13. The Morgan fingerprint density at radius 3 is 2.08 bits per heavy atom. The van der Waals surface area contributed by atoms with E-state index >= 15 is 0 Å². The fraction of sp³-hybridized carbons (Fsp3) is 0.400. The van der Waals surface area contributed by atoms with E-state index in [0.29, 0.717) is 0 Å². The summed E-state index contributed by atoms with van der Waals surface area (Å²) in [4.78, 5) is 0. The van der Waals surface area contributed by atoms with Gasteiger partial charge < -0.3 is 29.2 Å². The van der Waals surface area contributed by atoms with E-state index in [4.69, 9.17) is 18.9 Å². The van der Waals surface area contributed by atoms with Gasteiger partial charge in [0.1, 0.15) is 30.5 Å². The molecule has 3 heterocycles. The van der Waals surface area contributed by atoms with Gasteiger partial charge in [-0.2, -0.15) is 0 Å². The number of rotatable bonds is 3. The lowest BCUT2D eigenvalue weighted by atomic mass is 9.83. The van der Waals surface area contributed by atoms with Crippen molar-refractivity contribution in [3.05, 3.63) is 71.8 Å². The Kier molecular flexibility index (Phi) is 3.86. The van der Waals surface area contributed by atoms with Crippen LogP contribution < -0.4 is 0 Å². The maximum absolute atomic E-state index is 10.9. The molecule has 0 spiro atoms. The Hall–Kier alpha value is -1.80. The summed E-state index contributed by atoms with van der Waals surface area (Å²) in [6.07, 6.45) is -3.04. The molecule has 0 bridgehead atoms. The van der Waals surface area contributed by atoms with Crippen LogP contribution in [0.2, 0.25) is 0 Å². The summed E-state index contributed by atoms with van der Waals surface area (Å²) in [6, 6.07) is 19.2. The molecule has 2 aromatic carbocycles. The van der Waals surface area contributed by atoms with Gasteiger partial charge in [0.15, 0.2) is 6.29 Å². The molecule has 26 heavy (non-hydrogen) atoms. The molecular weight excluding hydrogens is 336 g/mol. The Morgan fingerprint density at radius 2 is 1.42 bits per heavy atom. The molecule has 3 fully saturated rings. The van der Waals surface area contributed by atoms with E-state index in [-0.39, 0.29) is 12.2 Å². The van der Waals surface area contributed by atoms with Gasteiger partial charge in [0, 0.05) is 5.56 Å². The summed E-state index contributed by atoms with van der Waals surface area (Å²) in [6.45, 7) is -0.580. The molecule has 3 saturated heterocycles. The fourth-order valence-electron chi connectivity index (χ4n) is 3.98. The van der Waals surface area contributed by atoms with Crippen LogP contribution in [0.1, 0.15) is 23.5 Å². The minimum Gasteiger partial charge on any atom is -0.391 e. The molecule has 136 valence electrons. The van der Waals surface area contributed by atoms with Gasteiger partial charge in [-0.15, -0.1) is 0 Å². The standard InChI is InChI=1S/C20H20O6/c21-11-20(22)18-17(24-19(25-18)13-9-5-2-6-10-13)15-16(26-20)14(23-15)12-7-3-1-4-8-12/h1-10,14-19,21-22H,11H2/t14-,15-,16-,17-,18-,19-,20+/m0/s1. The third-order valence-corrected chi connectivity index (χ3v) is 5.31. The molecule has 5 rings (SSSR count). The van der Waals surface area contributed by atoms with Crippen molar-refractivity contribution in [2.75, 3.05) is 6.61 Å². The Bertz CT molecular complexity index is 768. The zero-order valence-electron chi connectivity index (χ0n) is 14.0. The van der Waals surface area contributed by atoms with Crippen molar-refractivity contribution < 1.29 is 29.2 Å². The van der Waals surface area contributed by atoms with Gasteiger partial charge in [-0.05, 0) is 5.56 Å². The predicted molar refractivity (Wildman–Crippen MR) is 89.9 cm³/mol. The summed E-state index contributed by atoms with van der Waals surface area (Å²) < 4.78 is 23.9. The Balaban J connectivity index is 1.42. The number of aliphatic hydroxyl groups excluding tert-OH is 1. The lowest BCUT2D eigenvalue weighted by molar-refractivity contribution is -0.401. The van der Waals surface area contributed by atoms with E-state index in [1.54, 1.807) is 0 Å². The molecule has 7 atom stereocenters. The van der Waals surface area contributed by atoms with Crippen molar-refractivity contribution in [3.8, 4) is 0 Å². The molecule has 0 saturated carbocycles. The summed E-state index contributed by atoms with van der Waals surface area (Å²) >= 11 is 0. The molecule has 0 aliphatic carbocycles. The van der Waals surface area contributed by atoms with Crippen molar-refractivity contribution in [2.24, 2.45) is 0 Å². The molecule has 2 N–H and O–H groups in total. The third kappa shape index (κ3) is 2.42. The number of aliphatic hydroxyl groups is 2. The minimum absolute atomic E-state index is 0.306. The maximum Gasteiger partial charge on any atom is 0.219 e. The number of fused-ring (bicyclic) bond motifs is 3. The minimum atomic E-state index is -1.83. The average Bonchev–Trinajstić information content (AvgIpc) is 3.12. The van der Waals surface area contributed by atoms with E-state index in [1.165, 1.54) is 0 Å². The first-order chi connectivity index (χ1) is 12.7. The van der Waals surface area contributed by atoms with Gasteiger partial charge in [-0.25, -0.2) is 0 Å². The van der Waals surface area contributed by atoms with E-state index in [1.807, 2.05) is 60.7 Å². The largest absolute Gasteiger partial charge is 0.391 e. The molecule has 6 heteroatoms. The molecule has 3 aliphatic heterocycles. The molecule has 3 aliphatic rings. The van der Waals surface area contributed by atoms with Crippen LogP contribution >= 0.6 is 0 Å². The maximum atomic E-state index is 10.9. The molecular formula is C20H20O6. The van der Waals surface area contributed by atoms with Crippen molar-refractivity contribution in [3.63, 3.8) is 0 Å². The first-order valence-corrected chi connectivity index (χ1v) is 8.77. The van der Waals surface area contributed by atoms with Crippen LogP contribution in [-0.2, 0) is 18.9 Å². The first kappa shape index (κ1) is 16.4. The third-order valence-electron chi connectivity index (χ3n) is 5.31. The van der Waals surface area contributed by atoms with E-state index in [2.05, 4.69) is 0 Å². The summed E-state index contributed by atoms with van der Waals surface area (Å²) in [7, 11) is 0. The lowest BCUT2D eigenvalue weighted by Crippen LogP contribution is -2.71. The highest BCUT2D eigenvalue weighted by molar-refractivity contribution is 5.24. The predicted octanol–water partition coefficient (Wildman–Crippen LogP) is 1.69. The fourth-order valence-corrected chi connectivity index (χ4v) is 3.98. The van der Waals surface area contributed by atoms with Gasteiger partial charge >= 0.3 is 0 Å². The van der Waals surface area contributed by atoms with Crippen molar-refractivity contribution in [2.45, 2.75) is 42.6 Å². The number of hydrogen-bond acceptors (Lipinski definition) is 6. The quantitative estimate of drug-likeness (QED) is 0.872. The van der Waals surface area contributed by atoms with Crippen molar-refractivity contribution in [1.29, 1.82) is 0 Å². The van der Waals surface area contributed by atoms with Crippen LogP contribution in [0.3, 0.4) is 0 Å². The summed E-state index contributed by atoms with van der Waals surface area (Å²) in [5, 5.41) is 20.7. The van der Waals surface area contributed by atoms with Crippen LogP contribution in [-0.4, -0.2) is 47.0 Å². The van der Waals surface area contributed by atoms with Crippen LogP contribution in [0.5, 0.6) is 0 Å². The van der Waals surface area contributed by atoms with Crippen LogP contribution in [0.15, 0.2) is 60.7 Å². The molecule has 0 unspecified atom stereocenters. The molecule has 0 aromatic heterocycles. The average molecular weight is 356 g/mol. The van der Waals surface area contributed by atoms with E-state index in [0.717, 1.165) is 11.1 Å². The van der Waals surface area contributed by atoms with Gasteiger partial charge in [0.2, 0.25) is 5.79 Å². The number of benzene rings is 2. The van der Waals surface area contributed by atoms with Crippen LogP contribution in [0.25, 0.3) is 0 Å². The molecule has 0 amide bonds. The highest BCUT2D eigenvalue weighted by Crippen LogP contribution is 2.51. The van der Waals surface area contributed by atoms with Crippen LogP contribution in [0, 0.1) is 0 Å². The molecule has 6 nitrogen and oxygen atoms in total. The molecule has 2 aromatic rings. The molecule has 0 radical (unpaired) electrons. The van der Waals surface area contributed by atoms with Crippen molar-refractivity contribution >= 4 is 0 Å². The van der Waals surface area contributed by atoms with Gasteiger partial charge in [0.05, 0.1) is 6.61 Å². The smallest absolute Gasteiger partial charge is 0.219 e. The zero-order valence-corrected chi connectivity index (χ0v) is 14.0. The topological polar surface area (TPSA) is 77.4 Å². The van der Waals surface area contributed by atoms with Crippen molar-refractivity contribution in [1.82, 2.24) is 0 Å².